The van der Waals surface area contributed by atoms with Gasteiger partial charge in [-0.3, -0.25) is 4.79 Å². The zero-order chi connectivity index (χ0) is 12.9. The fraction of sp³-hybridized carbons (Fsp3) is 0.900. The van der Waals surface area contributed by atoms with E-state index in [1.54, 1.807) is 6.92 Å². The lowest BCUT2D eigenvalue weighted by atomic mass is 9.92. The summed E-state index contributed by atoms with van der Waals surface area (Å²) in [6, 6.07) is -0.427. The molecular formula is C10H20N2O4S. The van der Waals surface area contributed by atoms with Crippen molar-refractivity contribution in [1.29, 1.82) is 0 Å². The summed E-state index contributed by atoms with van der Waals surface area (Å²) in [7, 11) is -3.64. The predicted molar refractivity (Wildman–Crippen MR) is 63.8 cm³/mol. The molecule has 1 saturated carbocycles. The van der Waals surface area contributed by atoms with Crippen molar-refractivity contribution in [2.75, 3.05) is 12.4 Å². The van der Waals surface area contributed by atoms with E-state index in [2.05, 4.69) is 9.46 Å². The molecule has 0 aromatic heterocycles. The molecule has 1 rings (SSSR count). The maximum Gasteiger partial charge on any atom is 0.322 e. The van der Waals surface area contributed by atoms with E-state index in [0.717, 1.165) is 25.7 Å². The lowest BCUT2D eigenvalue weighted by molar-refractivity contribution is -0.139. The van der Waals surface area contributed by atoms with Crippen LogP contribution < -0.4 is 10.5 Å². The Labute approximate surface area is 102 Å². The average Bonchev–Trinajstić information content (AvgIpc) is 2.20. The summed E-state index contributed by atoms with van der Waals surface area (Å²) in [4.78, 5) is 11.1. The topological polar surface area (TPSA) is 98.5 Å². The Balaban J connectivity index is 2.50. The Morgan fingerprint density at radius 2 is 2.06 bits per heavy atom. The van der Waals surface area contributed by atoms with Crippen LogP contribution in [0.4, 0.5) is 0 Å². The first-order chi connectivity index (χ1) is 7.94. The normalized spacial score (nSPS) is 25.5. The molecule has 0 aromatic rings. The van der Waals surface area contributed by atoms with E-state index in [4.69, 9.17) is 5.73 Å². The molecule has 0 spiro atoms. The number of rotatable bonds is 5. The van der Waals surface area contributed by atoms with Crippen molar-refractivity contribution in [3.8, 4) is 0 Å². The number of carbonyl (C=O) groups is 1. The third kappa shape index (κ3) is 5.01. The Bertz CT molecular complexity index is 355. The van der Waals surface area contributed by atoms with Gasteiger partial charge < -0.3 is 10.5 Å². The number of carbonyl (C=O) groups excluding carboxylic acids is 1. The lowest BCUT2D eigenvalue weighted by Crippen LogP contribution is -2.50. The van der Waals surface area contributed by atoms with E-state index < -0.39 is 21.7 Å². The van der Waals surface area contributed by atoms with Crippen LogP contribution in [0.1, 0.15) is 32.6 Å². The summed E-state index contributed by atoms with van der Waals surface area (Å²) in [6.07, 6.45) is 3.52. The van der Waals surface area contributed by atoms with Gasteiger partial charge >= 0.3 is 5.97 Å². The van der Waals surface area contributed by atoms with Crippen molar-refractivity contribution in [2.24, 2.45) is 5.73 Å². The number of sulfonamides is 1. The minimum Gasteiger partial charge on any atom is -0.465 e. The molecule has 0 saturated heterocycles. The third-order valence-electron chi connectivity index (χ3n) is 2.76. The van der Waals surface area contributed by atoms with Crippen LogP contribution in [-0.4, -0.2) is 38.8 Å². The smallest absolute Gasteiger partial charge is 0.322 e. The monoisotopic (exact) mass is 264 g/mol. The van der Waals surface area contributed by atoms with Crippen molar-refractivity contribution in [2.45, 2.75) is 44.7 Å². The molecule has 3 N–H and O–H groups in total. The van der Waals surface area contributed by atoms with Crippen molar-refractivity contribution >= 4 is 16.0 Å². The maximum atomic E-state index is 11.7. The zero-order valence-electron chi connectivity index (χ0n) is 10.0. The van der Waals surface area contributed by atoms with Gasteiger partial charge in [0.05, 0.1) is 6.61 Å². The van der Waals surface area contributed by atoms with Crippen molar-refractivity contribution in [3.63, 3.8) is 0 Å². The summed E-state index contributed by atoms with van der Waals surface area (Å²) >= 11 is 0. The maximum absolute atomic E-state index is 11.7. The SMILES string of the molecule is CCOC(=O)CS(=O)(=O)N[C@@H]1CCCC[C@H]1N. The van der Waals surface area contributed by atoms with E-state index in [1.165, 1.54) is 0 Å². The first-order valence-electron chi connectivity index (χ1n) is 5.86. The fourth-order valence-corrected chi connectivity index (χ4v) is 3.17. The highest BCUT2D eigenvalue weighted by Crippen LogP contribution is 2.17. The molecule has 0 aliphatic heterocycles. The standard InChI is InChI=1S/C10H20N2O4S/c1-2-16-10(13)7-17(14,15)12-9-6-4-3-5-8(9)11/h8-9,12H,2-7,11H2,1H3/t8-,9-/m1/s1. The van der Waals surface area contributed by atoms with Crippen molar-refractivity contribution in [3.05, 3.63) is 0 Å². The van der Waals surface area contributed by atoms with E-state index in [1.807, 2.05) is 0 Å². The Kier molecular flexibility index (Phi) is 5.35. The summed E-state index contributed by atoms with van der Waals surface area (Å²) in [6.45, 7) is 1.81. The van der Waals surface area contributed by atoms with Gasteiger partial charge in [0.15, 0.2) is 5.75 Å². The molecule has 7 heteroatoms. The number of nitrogens with two attached hydrogens (primary N) is 1. The second kappa shape index (κ2) is 6.32. The van der Waals surface area contributed by atoms with Gasteiger partial charge in [0, 0.05) is 12.1 Å². The third-order valence-corrected chi connectivity index (χ3v) is 4.04. The Morgan fingerprint density at radius 1 is 1.41 bits per heavy atom. The second-order valence-electron chi connectivity index (χ2n) is 4.24. The molecular weight excluding hydrogens is 244 g/mol. The number of ether oxygens (including phenoxy) is 1. The van der Waals surface area contributed by atoms with Crippen LogP contribution in [0.25, 0.3) is 0 Å². The Hall–Kier alpha value is -0.660. The van der Waals surface area contributed by atoms with E-state index in [9.17, 15) is 13.2 Å². The van der Waals surface area contributed by atoms with Gasteiger partial charge in [-0.1, -0.05) is 12.8 Å². The highest BCUT2D eigenvalue weighted by molar-refractivity contribution is 7.90. The predicted octanol–water partition coefficient (Wildman–Crippen LogP) is -0.261. The van der Waals surface area contributed by atoms with Gasteiger partial charge in [-0.15, -0.1) is 0 Å². The minimum absolute atomic E-state index is 0.166. The molecule has 1 aliphatic carbocycles. The van der Waals surface area contributed by atoms with Crippen LogP contribution in [-0.2, 0) is 19.6 Å². The number of esters is 1. The summed E-state index contributed by atoms with van der Waals surface area (Å²) in [5, 5.41) is 0. The first-order valence-corrected chi connectivity index (χ1v) is 7.51. The van der Waals surface area contributed by atoms with Crippen LogP contribution in [0.2, 0.25) is 0 Å². The van der Waals surface area contributed by atoms with Gasteiger partial charge in [0.1, 0.15) is 0 Å². The van der Waals surface area contributed by atoms with Crippen LogP contribution in [0.15, 0.2) is 0 Å². The molecule has 0 heterocycles. The average molecular weight is 264 g/mol. The number of hydrogen-bond acceptors (Lipinski definition) is 5. The fourth-order valence-electron chi connectivity index (χ4n) is 1.94. The van der Waals surface area contributed by atoms with E-state index >= 15 is 0 Å². The van der Waals surface area contributed by atoms with Gasteiger partial charge in [0.25, 0.3) is 0 Å². The molecule has 0 bridgehead atoms. The van der Waals surface area contributed by atoms with Crippen molar-refractivity contribution in [1.82, 2.24) is 4.72 Å². The zero-order valence-corrected chi connectivity index (χ0v) is 10.8. The molecule has 2 atom stereocenters. The minimum atomic E-state index is -3.64. The van der Waals surface area contributed by atoms with Crippen LogP contribution in [0.3, 0.4) is 0 Å². The quantitative estimate of drug-likeness (QED) is 0.667. The summed E-state index contributed by atoms with van der Waals surface area (Å²) in [5.74, 6) is -1.37. The highest BCUT2D eigenvalue weighted by Gasteiger charge is 2.27. The lowest BCUT2D eigenvalue weighted by Gasteiger charge is -2.28. The molecule has 1 aliphatic rings. The number of hydrogen-bond donors (Lipinski definition) is 2. The van der Waals surface area contributed by atoms with Gasteiger partial charge in [-0.05, 0) is 19.8 Å². The van der Waals surface area contributed by atoms with Gasteiger partial charge in [0.2, 0.25) is 10.0 Å². The van der Waals surface area contributed by atoms with Crippen LogP contribution in [0.5, 0.6) is 0 Å². The highest BCUT2D eigenvalue weighted by atomic mass is 32.2. The van der Waals surface area contributed by atoms with Crippen molar-refractivity contribution < 1.29 is 17.9 Å². The van der Waals surface area contributed by atoms with Crippen LogP contribution >= 0.6 is 0 Å². The molecule has 0 aromatic carbocycles. The van der Waals surface area contributed by atoms with Crippen LogP contribution in [0, 0.1) is 0 Å². The molecule has 0 amide bonds. The Morgan fingerprint density at radius 3 is 2.65 bits per heavy atom. The first kappa shape index (κ1) is 14.4. The molecule has 1 fully saturated rings. The largest absolute Gasteiger partial charge is 0.465 e. The second-order valence-corrected chi connectivity index (χ2v) is 5.99. The molecule has 100 valence electrons. The van der Waals surface area contributed by atoms with Gasteiger partial charge in [-0.25, -0.2) is 13.1 Å². The molecule has 0 unspecified atom stereocenters. The van der Waals surface area contributed by atoms with E-state index in [0.29, 0.717) is 0 Å². The molecule has 0 radical (unpaired) electrons. The van der Waals surface area contributed by atoms with E-state index in [-0.39, 0.29) is 18.7 Å². The van der Waals surface area contributed by atoms with Gasteiger partial charge in [-0.2, -0.15) is 0 Å². The molecule has 17 heavy (non-hydrogen) atoms. The summed E-state index contributed by atoms with van der Waals surface area (Å²) in [5.41, 5.74) is 5.83. The summed E-state index contributed by atoms with van der Waals surface area (Å²) < 4.78 is 30.4. The molecule has 6 nitrogen and oxygen atoms in total. The number of nitrogens with one attached hydrogen (secondary N) is 1.